The molecular weight excluding hydrogens is 284 g/mol. The van der Waals surface area contributed by atoms with Crippen LogP contribution in [0.15, 0.2) is 24.3 Å². The first-order valence-electron chi connectivity index (χ1n) is 6.91. The summed E-state index contributed by atoms with van der Waals surface area (Å²) in [6.07, 6.45) is 1.17. The minimum absolute atomic E-state index is 0.0326. The Morgan fingerprint density at radius 1 is 1.29 bits per heavy atom. The van der Waals surface area contributed by atoms with Crippen LogP contribution in [0.2, 0.25) is 0 Å². The maximum atomic E-state index is 11.9. The van der Waals surface area contributed by atoms with Gasteiger partial charge in [0, 0.05) is 17.8 Å². The normalized spacial score (nSPS) is 10.4. The van der Waals surface area contributed by atoms with Gasteiger partial charge in [0.2, 0.25) is 5.91 Å². The number of rotatable bonds is 6. The van der Waals surface area contributed by atoms with Crippen LogP contribution in [-0.4, -0.2) is 24.5 Å². The van der Waals surface area contributed by atoms with Crippen LogP contribution in [0, 0.1) is 13.8 Å². The summed E-state index contributed by atoms with van der Waals surface area (Å²) < 4.78 is 5.09. The third-order valence-corrected chi connectivity index (χ3v) is 4.39. The Balaban J connectivity index is 1.76. The minimum atomic E-state index is 0.0326. The number of nitrogens with zero attached hydrogens (tertiary/aromatic N) is 1. The standard InChI is InChI=1S/C16H20N2O2S/c1-11-12(2)21-16(18-11)8-9-17-15(19)10-13-4-6-14(20-3)7-5-13/h4-7H,8-10H2,1-3H3,(H,17,19). The molecule has 0 spiro atoms. The maximum Gasteiger partial charge on any atom is 0.224 e. The molecular formula is C16H20N2O2S. The fourth-order valence-corrected chi connectivity index (χ4v) is 2.88. The maximum absolute atomic E-state index is 11.9. The first kappa shape index (κ1) is 15.5. The SMILES string of the molecule is COc1ccc(CC(=O)NCCc2nc(C)c(C)s2)cc1. The van der Waals surface area contributed by atoms with Crippen LogP contribution in [0.25, 0.3) is 0 Å². The zero-order valence-corrected chi connectivity index (χ0v) is 13.4. The van der Waals surface area contributed by atoms with Crippen LogP contribution in [0.1, 0.15) is 21.1 Å². The molecule has 2 rings (SSSR count). The lowest BCUT2D eigenvalue weighted by atomic mass is 10.1. The predicted molar refractivity (Wildman–Crippen MR) is 85.0 cm³/mol. The molecule has 4 nitrogen and oxygen atoms in total. The van der Waals surface area contributed by atoms with Crippen LogP contribution >= 0.6 is 11.3 Å². The number of hydrogen-bond acceptors (Lipinski definition) is 4. The van der Waals surface area contributed by atoms with Gasteiger partial charge in [0.25, 0.3) is 0 Å². The molecule has 0 aliphatic carbocycles. The number of aromatic nitrogens is 1. The van der Waals surface area contributed by atoms with Crippen molar-refractivity contribution in [2.75, 3.05) is 13.7 Å². The number of hydrogen-bond donors (Lipinski definition) is 1. The third-order valence-electron chi connectivity index (χ3n) is 3.26. The molecule has 5 heteroatoms. The summed E-state index contributed by atoms with van der Waals surface area (Å²) in [5.41, 5.74) is 2.06. The van der Waals surface area contributed by atoms with E-state index in [4.69, 9.17) is 4.74 Å². The molecule has 1 aromatic carbocycles. The van der Waals surface area contributed by atoms with Gasteiger partial charge in [-0.1, -0.05) is 12.1 Å². The number of amides is 1. The Morgan fingerprint density at radius 3 is 2.57 bits per heavy atom. The van der Waals surface area contributed by atoms with E-state index < -0.39 is 0 Å². The molecule has 21 heavy (non-hydrogen) atoms. The average molecular weight is 304 g/mol. The van der Waals surface area contributed by atoms with E-state index in [0.717, 1.165) is 28.4 Å². The zero-order valence-electron chi connectivity index (χ0n) is 12.6. The molecule has 1 aromatic heterocycles. The molecule has 0 atom stereocenters. The van der Waals surface area contributed by atoms with Crippen molar-refractivity contribution in [1.29, 1.82) is 0 Å². The van der Waals surface area contributed by atoms with Gasteiger partial charge in [-0.3, -0.25) is 4.79 Å². The first-order valence-corrected chi connectivity index (χ1v) is 7.72. The highest BCUT2D eigenvalue weighted by molar-refractivity contribution is 7.11. The minimum Gasteiger partial charge on any atom is -0.497 e. The number of thiazole rings is 1. The molecule has 0 aliphatic rings. The summed E-state index contributed by atoms with van der Waals surface area (Å²) in [6, 6.07) is 7.55. The number of ether oxygens (including phenoxy) is 1. The highest BCUT2D eigenvalue weighted by Gasteiger charge is 2.06. The molecule has 0 aliphatic heterocycles. The van der Waals surface area contributed by atoms with E-state index in [-0.39, 0.29) is 5.91 Å². The van der Waals surface area contributed by atoms with Crippen molar-refractivity contribution >= 4 is 17.2 Å². The van der Waals surface area contributed by atoms with Gasteiger partial charge in [0.1, 0.15) is 5.75 Å². The monoisotopic (exact) mass is 304 g/mol. The highest BCUT2D eigenvalue weighted by Crippen LogP contribution is 2.16. The van der Waals surface area contributed by atoms with Gasteiger partial charge in [-0.15, -0.1) is 11.3 Å². The molecule has 1 amide bonds. The van der Waals surface area contributed by atoms with Gasteiger partial charge in [-0.25, -0.2) is 4.98 Å². The third kappa shape index (κ3) is 4.56. The van der Waals surface area contributed by atoms with Gasteiger partial charge in [0.05, 0.1) is 24.2 Å². The number of carbonyl (C=O) groups is 1. The van der Waals surface area contributed by atoms with Crippen molar-refractivity contribution < 1.29 is 9.53 Å². The van der Waals surface area contributed by atoms with Crippen molar-refractivity contribution in [1.82, 2.24) is 10.3 Å². The fraction of sp³-hybridized carbons (Fsp3) is 0.375. The molecule has 0 unspecified atom stereocenters. The van der Waals surface area contributed by atoms with Gasteiger partial charge in [-0.2, -0.15) is 0 Å². The Labute approximate surface area is 129 Å². The number of methoxy groups -OCH3 is 1. The van der Waals surface area contributed by atoms with Crippen molar-refractivity contribution in [3.8, 4) is 5.75 Å². The summed E-state index contributed by atoms with van der Waals surface area (Å²) in [7, 11) is 1.63. The Morgan fingerprint density at radius 2 is 2.00 bits per heavy atom. The molecule has 0 saturated heterocycles. The molecule has 0 bridgehead atoms. The lowest BCUT2D eigenvalue weighted by Gasteiger charge is -2.05. The van der Waals surface area contributed by atoms with Crippen LogP contribution in [0.5, 0.6) is 5.75 Å². The van der Waals surface area contributed by atoms with Crippen molar-refractivity contribution in [2.45, 2.75) is 26.7 Å². The summed E-state index contributed by atoms with van der Waals surface area (Å²) in [5.74, 6) is 0.832. The summed E-state index contributed by atoms with van der Waals surface area (Å²) >= 11 is 1.70. The van der Waals surface area contributed by atoms with Crippen LogP contribution < -0.4 is 10.1 Å². The van der Waals surface area contributed by atoms with E-state index in [1.165, 1.54) is 4.88 Å². The predicted octanol–water partition coefficient (Wildman–Crippen LogP) is 2.67. The van der Waals surface area contributed by atoms with Crippen molar-refractivity contribution in [2.24, 2.45) is 0 Å². The quantitative estimate of drug-likeness (QED) is 0.892. The average Bonchev–Trinajstić information content (AvgIpc) is 2.78. The van der Waals surface area contributed by atoms with E-state index in [1.807, 2.05) is 31.2 Å². The van der Waals surface area contributed by atoms with E-state index in [1.54, 1.807) is 18.4 Å². The second kappa shape index (κ2) is 7.22. The summed E-state index contributed by atoms with van der Waals surface area (Å²) in [5, 5.41) is 4.01. The second-order valence-electron chi connectivity index (χ2n) is 4.87. The number of nitrogens with one attached hydrogen (secondary N) is 1. The molecule has 0 radical (unpaired) electrons. The number of aryl methyl sites for hydroxylation is 2. The Kier molecular flexibility index (Phi) is 5.33. The van der Waals surface area contributed by atoms with Crippen LogP contribution in [0.4, 0.5) is 0 Å². The molecule has 2 aromatic rings. The molecule has 0 fully saturated rings. The molecule has 112 valence electrons. The Hall–Kier alpha value is -1.88. The largest absolute Gasteiger partial charge is 0.497 e. The van der Waals surface area contributed by atoms with Crippen molar-refractivity contribution in [3.05, 3.63) is 45.4 Å². The van der Waals surface area contributed by atoms with Gasteiger partial charge >= 0.3 is 0 Å². The lowest BCUT2D eigenvalue weighted by Crippen LogP contribution is -2.27. The molecule has 0 saturated carbocycles. The van der Waals surface area contributed by atoms with Crippen LogP contribution in [-0.2, 0) is 17.6 Å². The molecule has 1 heterocycles. The lowest BCUT2D eigenvalue weighted by molar-refractivity contribution is -0.120. The van der Waals surface area contributed by atoms with E-state index >= 15 is 0 Å². The first-order chi connectivity index (χ1) is 10.1. The summed E-state index contributed by atoms with van der Waals surface area (Å²) in [6.45, 7) is 4.71. The van der Waals surface area contributed by atoms with Gasteiger partial charge in [0.15, 0.2) is 0 Å². The van der Waals surface area contributed by atoms with Crippen LogP contribution in [0.3, 0.4) is 0 Å². The number of benzene rings is 1. The van der Waals surface area contributed by atoms with E-state index in [2.05, 4.69) is 17.2 Å². The van der Waals surface area contributed by atoms with Gasteiger partial charge < -0.3 is 10.1 Å². The fourth-order valence-electron chi connectivity index (χ4n) is 1.95. The second-order valence-corrected chi connectivity index (χ2v) is 6.16. The Bertz CT molecular complexity index is 586. The zero-order chi connectivity index (χ0) is 15.2. The molecule has 1 N–H and O–H groups in total. The van der Waals surface area contributed by atoms with E-state index in [0.29, 0.717) is 13.0 Å². The topological polar surface area (TPSA) is 51.2 Å². The number of carbonyl (C=O) groups excluding carboxylic acids is 1. The van der Waals surface area contributed by atoms with Gasteiger partial charge in [-0.05, 0) is 31.5 Å². The highest BCUT2D eigenvalue weighted by atomic mass is 32.1. The summed E-state index contributed by atoms with van der Waals surface area (Å²) in [4.78, 5) is 17.6. The smallest absolute Gasteiger partial charge is 0.224 e. The van der Waals surface area contributed by atoms with E-state index in [9.17, 15) is 4.79 Å². The van der Waals surface area contributed by atoms with Crippen molar-refractivity contribution in [3.63, 3.8) is 0 Å².